The lowest BCUT2D eigenvalue weighted by molar-refractivity contribution is -0.114. The van der Waals surface area contributed by atoms with E-state index in [1.807, 2.05) is 32.1 Å². The van der Waals surface area contributed by atoms with Crippen molar-refractivity contribution in [3.8, 4) is 0 Å². The zero-order valence-electron chi connectivity index (χ0n) is 15.5. The van der Waals surface area contributed by atoms with Gasteiger partial charge in [0.15, 0.2) is 5.78 Å². The number of nitrogens with zero attached hydrogens (tertiary/aromatic N) is 3. The molecule has 0 radical (unpaired) electrons. The van der Waals surface area contributed by atoms with Crippen LogP contribution in [0.2, 0.25) is 0 Å². The first kappa shape index (κ1) is 20.9. The summed E-state index contributed by atoms with van der Waals surface area (Å²) in [6, 6.07) is 0. The first-order valence-corrected chi connectivity index (χ1v) is 9.62. The summed E-state index contributed by atoms with van der Waals surface area (Å²) >= 11 is 7.27. The second-order valence-electron chi connectivity index (χ2n) is 5.83. The third kappa shape index (κ3) is 5.31. The maximum absolute atomic E-state index is 12.8. The highest BCUT2D eigenvalue weighted by Crippen LogP contribution is 2.39. The van der Waals surface area contributed by atoms with Crippen molar-refractivity contribution in [3.63, 3.8) is 0 Å². The number of rotatable bonds is 6. The lowest BCUT2D eigenvalue weighted by atomic mass is 10.2. The van der Waals surface area contributed by atoms with Crippen LogP contribution >= 0.6 is 23.4 Å². The minimum absolute atomic E-state index is 0.0231. The Kier molecular flexibility index (Phi) is 7.39. The van der Waals surface area contributed by atoms with Crippen molar-refractivity contribution in [3.05, 3.63) is 83.8 Å². The molecule has 140 valence electrons. The summed E-state index contributed by atoms with van der Waals surface area (Å²) in [7, 11) is 0. The molecule has 0 saturated heterocycles. The number of Topliss-reactive ketones (excluding diaryl/α,β-unsaturated/α-hetero) is 1. The topological polar surface area (TPSA) is 45.0 Å². The van der Waals surface area contributed by atoms with Gasteiger partial charge in [-0.25, -0.2) is 9.98 Å². The van der Waals surface area contributed by atoms with Crippen LogP contribution in [0.1, 0.15) is 13.8 Å². The Labute approximate surface area is 169 Å². The standard InChI is InChI=1S/C21H22ClN3OS/c1-6-14(3)10-11-23-21-16(5)19-20(27-21)18(26)12-25(13-24-19)17(7-2)9-8-15(4)22/h6-11,13,15H,1,3,5,12H2,2,4H3/b9-8-,11-10-,17-7+,23-21?. The highest BCUT2D eigenvalue weighted by Gasteiger charge is 2.32. The van der Waals surface area contributed by atoms with Crippen LogP contribution in [0.15, 0.2) is 93.7 Å². The fraction of sp³-hybridized carbons (Fsp3) is 0.190. The smallest absolute Gasteiger partial charge is 0.191 e. The number of alkyl halides is 1. The highest BCUT2D eigenvalue weighted by molar-refractivity contribution is 8.19. The van der Waals surface area contributed by atoms with E-state index in [1.165, 1.54) is 11.8 Å². The number of halogens is 1. The molecule has 2 heterocycles. The van der Waals surface area contributed by atoms with Crippen LogP contribution in [0, 0.1) is 0 Å². The summed E-state index contributed by atoms with van der Waals surface area (Å²) in [5.74, 6) is -0.0231. The molecule has 2 aliphatic rings. The van der Waals surface area contributed by atoms with Gasteiger partial charge in [0, 0.05) is 22.8 Å². The van der Waals surface area contributed by atoms with Gasteiger partial charge in [-0.05, 0) is 31.6 Å². The van der Waals surface area contributed by atoms with Crippen molar-refractivity contribution < 1.29 is 4.79 Å². The molecule has 0 aromatic rings. The minimum Gasteiger partial charge on any atom is -0.325 e. The summed E-state index contributed by atoms with van der Waals surface area (Å²) in [6.45, 7) is 15.5. The maximum atomic E-state index is 12.8. The van der Waals surface area contributed by atoms with Gasteiger partial charge in [-0.2, -0.15) is 0 Å². The second-order valence-corrected chi connectivity index (χ2v) is 7.52. The highest BCUT2D eigenvalue weighted by atomic mass is 35.5. The Morgan fingerprint density at radius 1 is 1.48 bits per heavy atom. The fourth-order valence-electron chi connectivity index (χ4n) is 2.29. The molecule has 0 aliphatic carbocycles. The third-order valence-corrected chi connectivity index (χ3v) is 5.07. The molecule has 0 saturated carbocycles. The predicted octanol–water partition coefficient (Wildman–Crippen LogP) is 5.16. The number of allylic oxidation sites excluding steroid dienone is 7. The molecule has 2 aliphatic heterocycles. The molecule has 0 fully saturated rings. The van der Waals surface area contributed by atoms with Crippen LogP contribution in [-0.2, 0) is 4.79 Å². The molecule has 27 heavy (non-hydrogen) atoms. The summed E-state index contributed by atoms with van der Waals surface area (Å²) in [6.07, 6.45) is 12.3. The van der Waals surface area contributed by atoms with Gasteiger partial charge in [0.1, 0.15) is 5.04 Å². The van der Waals surface area contributed by atoms with E-state index in [0.717, 1.165) is 11.3 Å². The van der Waals surface area contributed by atoms with E-state index in [2.05, 4.69) is 29.7 Å². The van der Waals surface area contributed by atoms with Gasteiger partial charge in [-0.15, -0.1) is 11.6 Å². The maximum Gasteiger partial charge on any atom is 0.191 e. The molecular formula is C21H22ClN3OS. The molecule has 0 N–H and O–H groups in total. The Morgan fingerprint density at radius 3 is 2.85 bits per heavy atom. The first-order valence-electron chi connectivity index (χ1n) is 8.37. The van der Waals surface area contributed by atoms with Crippen molar-refractivity contribution in [2.45, 2.75) is 19.2 Å². The van der Waals surface area contributed by atoms with Crippen LogP contribution in [0.3, 0.4) is 0 Å². The van der Waals surface area contributed by atoms with E-state index < -0.39 is 0 Å². The summed E-state index contributed by atoms with van der Waals surface area (Å²) < 4.78 is 0. The fourth-order valence-corrected chi connectivity index (χ4v) is 3.34. The SMILES string of the molecule is C=CC(=C)/C=C\N=C1SC2=C(N=CN(C(/C=C\C(C)Cl)=C/C)CC2=O)C1=C. The average molecular weight is 400 g/mol. The number of carbonyl (C=O) groups is 1. The van der Waals surface area contributed by atoms with Crippen molar-refractivity contribution in [1.29, 1.82) is 0 Å². The zero-order valence-corrected chi connectivity index (χ0v) is 17.1. The van der Waals surface area contributed by atoms with Crippen molar-refractivity contribution in [2.75, 3.05) is 6.54 Å². The number of ketones is 1. The van der Waals surface area contributed by atoms with Crippen LogP contribution < -0.4 is 0 Å². The Bertz CT molecular complexity index is 857. The van der Waals surface area contributed by atoms with Crippen LogP contribution in [-0.4, -0.2) is 34.0 Å². The van der Waals surface area contributed by atoms with Gasteiger partial charge < -0.3 is 4.90 Å². The lowest BCUT2D eigenvalue weighted by Gasteiger charge is -2.18. The van der Waals surface area contributed by atoms with E-state index in [4.69, 9.17) is 11.6 Å². The number of hydrogen-bond donors (Lipinski definition) is 0. The van der Waals surface area contributed by atoms with E-state index >= 15 is 0 Å². The molecule has 0 spiro atoms. The van der Waals surface area contributed by atoms with E-state index in [0.29, 0.717) is 21.2 Å². The molecule has 6 heteroatoms. The third-order valence-electron chi connectivity index (χ3n) is 3.75. The van der Waals surface area contributed by atoms with Crippen LogP contribution in [0.4, 0.5) is 0 Å². The van der Waals surface area contributed by atoms with Crippen LogP contribution in [0.25, 0.3) is 0 Å². The quantitative estimate of drug-likeness (QED) is 0.458. The predicted molar refractivity (Wildman–Crippen MR) is 118 cm³/mol. The molecule has 0 bridgehead atoms. The lowest BCUT2D eigenvalue weighted by Crippen LogP contribution is -2.26. The molecule has 0 aromatic heterocycles. The number of carbonyl (C=O) groups excluding carboxylic acids is 1. The van der Waals surface area contributed by atoms with Gasteiger partial charge in [0.25, 0.3) is 0 Å². The van der Waals surface area contributed by atoms with Gasteiger partial charge in [-0.3, -0.25) is 4.79 Å². The largest absolute Gasteiger partial charge is 0.325 e. The summed E-state index contributed by atoms with van der Waals surface area (Å²) in [4.78, 5) is 24.0. The second kappa shape index (κ2) is 9.53. The molecule has 0 amide bonds. The number of hydrogen-bond acceptors (Lipinski definition) is 5. The van der Waals surface area contributed by atoms with E-state index in [-0.39, 0.29) is 17.7 Å². The molecule has 0 aromatic carbocycles. The minimum atomic E-state index is -0.0953. The average Bonchev–Trinajstić information content (AvgIpc) is 2.85. The number of thioether (sulfide) groups is 1. The van der Waals surface area contributed by atoms with Crippen LogP contribution in [0.5, 0.6) is 0 Å². The first-order chi connectivity index (χ1) is 12.9. The molecular weight excluding hydrogens is 378 g/mol. The van der Waals surface area contributed by atoms with E-state index in [1.54, 1.807) is 29.6 Å². The molecule has 1 unspecified atom stereocenters. The zero-order chi connectivity index (χ0) is 20.0. The molecule has 1 atom stereocenters. The van der Waals surface area contributed by atoms with Crippen molar-refractivity contribution >= 4 is 40.5 Å². The van der Waals surface area contributed by atoms with Crippen molar-refractivity contribution in [2.24, 2.45) is 9.98 Å². The van der Waals surface area contributed by atoms with Gasteiger partial charge >= 0.3 is 0 Å². The number of aliphatic imine (C=N–C) groups is 2. The van der Waals surface area contributed by atoms with Gasteiger partial charge in [0.05, 0.1) is 23.5 Å². The normalized spacial score (nSPS) is 20.8. The van der Waals surface area contributed by atoms with Gasteiger partial charge in [-0.1, -0.05) is 49.7 Å². The van der Waals surface area contributed by atoms with E-state index in [9.17, 15) is 4.79 Å². The monoisotopic (exact) mass is 399 g/mol. The Balaban J connectivity index is 2.22. The Hall–Kier alpha value is -2.37. The Morgan fingerprint density at radius 2 is 2.22 bits per heavy atom. The van der Waals surface area contributed by atoms with Gasteiger partial charge in [0.2, 0.25) is 0 Å². The molecule has 2 rings (SSSR count). The summed E-state index contributed by atoms with van der Waals surface area (Å²) in [5.41, 5.74) is 2.83. The van der Waals surface area contributed by atoms with Crippen molar-refractivity contribution in [1.82, 2.24) is 4.90 Å². The molecule has 4 nitrogen and oxygen atoms in total. The summed E-state index contributed by atoms with van der Waals surface area (Å²) in [5, 5.41) is 0.566.